The molecular formula is C17H25NO2. The third-order valence-electron chi connectivity index (χ3n) is 4.21. The molecule has 0 heterocycles. The number of hydrogen-bond acceptors (Lipinski definition) is 2. The third kappa shape index (κ3) is 4.07. The minimum atomic E-state index is -0.134. The highest BCUT2D eigenvalue weighted by atomic mass is 16.3. The number of aliphatic hydroxyl groups excluding tert-OH is 1. The van der Waals surface area contributed by atoms with Crippen molar-refractivity contribution in [3.63, 3.8) is 0 Å². The Morgan fingerprint density at radius 1 is 1.20 bits per heavy atom. The molecule has 0 spiro atoms. The van der Waals surface area contributed by atoms with Crippen molar-refractivity contribution in [3.05, 3.63) is 35.4 Å². The lowest BCUT2D eigenvalue weighted by Gasteiger charge is -2.25. The zero-order valence-corrected chi connectivity index (χ0v) is 12.4. The number of carbonyl (C=O) groups excluding carboxylic acids is 1. The second kappa shape index (κ2) is 6.89. The fraction of sp³-hybridized carbons (Fsp3) is 0.588. The highest BCUT2D eigenvalue weighted by Gasteiger charge is 2.19. The van der Waals surface area contributed by atoms with Crippen LogP contribution in [0.3, 0.4) is 0 Å². The van der Waals surface area contributed by atoms with Crippen molar-refractivity contribution < 1.29 is 9.90 Å². The first kappa shape index (κ1) is 15.0. The zero-order valence-electron chi connectivity index (χ0n) is 12.4. The van der Waals surface area contributed by atoms with Gasteiger partial charge >= 0.3 is 0 Å². The lowest BCUT2D eigenvalue weighted by atomic mass is 9.87. The summed E-state index contributed by atoms with van der Waals surface area (Å²) in [5.74, 6) is 1.00. The fourth-order valence-corrected chi connectivity index (χ4v) is 2.71. The molecule has 1 saturated carbocycles. The van der Waals surface area contributed by atoms with Crippen LogP contribution in [-0.4, -0.2) is 23.7 Å². The lowest BCUT2D eigenvalue weighted by Crippen LogP contribution is -2.32. The standard InChI is InChI=1S/C17H25NO2/c1-12(2)14-5-7-15(8-6-14)17(20)18-11-13-3-9-16(19)10-4-13/h5-8,12-13,16,19H,3-4,9-11H2,1-2H3,(H,18,20). The van der Waals surface area contributed by atoms with Gasteiger partial charge in [-0.25, -0.2) is 0 Å². The Kier molecular flexibility index (Phi) is 5.18. The van der Waals surface area contributed by atoms with Gasteiger partial charge in [0.1, 0.15) is 0 Å². The summed E-state index contributed by atoms with van der Waals surface area (Å²) in [6, 6.07) is 7.84. The average molecular weight is 275 g/mol. The molecule has 1 aliphatic rings. The van der Waals surface area contributed by atoms with Gasteiger partial charge in [-0.3, -0.25) is 4.79 Å². The molecule has 0 aromatic heterocycles. The van der Waals surface area contributed by atoms with Crippen LogP contribution in [0.5, 0.6) is 0 Å². The Hall–Kier alpha value is -1.35. The molecule has 0 radical (unpaired) electrons. The van der Waals surface area contributed by atoms with Crippen LogP contribution in [0.25, 0.3) is 0 Å². The molecule has 0 unspecified atom stereocenters. The number of nitrogens with one attached hydrogen (secondary N) is 1. The van der Waals surface area contributed by atoms with Crippen molar-refractivity contribution in [1.82, 2.24) is 5.32 Å². The van der Waals surface area contributed by atoms with Crippen molar-refractivity contribution in [2.24, 2.45) is 5.92 Å². The van der Waals surface area contributed by atoms with E-state index in [0.717, 1.165) is 37.8 Å². The number of carbonyl (C=O) groups is 1. The summed E-state index contributed by atoms with van der Waals surface area (Å²) in [4.78, 5) is 12.1. The van der Waals surface area contributed by atoms with Gasteiger partial charge in [0.05, 0.1) is 6.10 Å². The van der Waals surface area contributed by atoms with Crippen molar-refractivity contribution in [2.45, 2.75) is 51.6 Å². The van der Waals surface area contributed by atoms with Crippen LogP contribution in [0.4, 0.5) is 0 Å². The molecule has 3 heteroatoms. The molecule has 20 heavy (non-hydrogen) atoms. The molecule has 2 rings (SSSR count). The summed E-state index contributed by atoms with van der Waals surface area (Å²) in [5, 5.41) is 12.5. The molecule has 2 N–H and O–H groups in total. The van der Waals surface area contributed by atoms with Gasteiger partial charge in [0.25, 0.3) is 5.91 Å². The van der Waals surface area contributed by atoms with Crippen molar-refractivity contribution in [1.29, 1.82) is 0 Å². The van der Waals surface area contributed by atoms with Crippen molar-refractivity contribution in [2.75, 3.05) is 6.54 Å². The zero-order chi connectivity index (χ0) is 14.5. The number of rotatable bonds is 4. The molecule has 0 bridgehead atoms. The van der Waals surface area contributed by atoms with Gasteiger partial charge in [0, 0.05) is 12.1 Å². The first-order valence-electron chi connectivity index (χ1n) is 7.62. The Bertz CT molecular complexity index is 431. The highest BCUT2D eigenvalue weighted by Crippen LogP contribution is 2.23. The Balaban J connectivity index is 1.82. The van der Waals surface area contributed by atoms with E-state index in [4.69, 9.17) is 0 Å². The predicted molar refractivity (Wildman–Crippen MR) is 80.8 cm³/mol. The van der Waals surface area contributed by atoms with E-state index in [1.165, 1.54) is 5.56 Å². The molecule has 0 aliphatic heterocycles. The van der Waals surface area contributed by atoms with E-state index >= 15 is 0 Å². The van der Waals surface area contributed by atoms with E-state index in [0.29, 0.717) is 11.8 Å². The quantitative estimate of drug-likeness (QED) is 0.887. The van der Waals surface area contributed by atoms with E-state index in [1.54, 1.807) is 0 Å². The molecule has 3 nitrogen and oxygen atoms in total. The topological polar surface area (TPSA) is 49.3 Å². The van der Waals surface area contributed by atoms with Crippen molar-refractivity contribution >= 4 is 5.91 Å². The summed E-state index contributed by atoms with van der Waals surface area (Å²) in [7, 11) is 0. The molecular weight excluding hydrogens is 250 g/mol. The van der Waals surface area contributed by atoms with Crippen LogP contribution in [0.15, 0.2) is 24.3 Å². The minimum Gasteiger partial charge on any atom is -0.393 e. The molecule has 0 atom stereocenters. The summed E-state index contributed by atoms with van der Waals surface area (Å²) in [6.07, 6.45) is 3.61. The van der Waals surface area contributed by atoms with Gasteiger partial charge in [-0.1, -0.05) is 26.0 Å². The maximum absolute atomic E-state index is 12.1. The van der Waals surface area contributed by atoms with E-state index < -0.39 is 0 Å². The van der Waals surface area contributed by atoms with E-state index in [9.17, 15) is 9.90 Å². The van der Waals surface area contributed by atoms with Gasteiger partial charge < -0.3 is 10.4 Å². The van der Waals surface area contributed by atoms with Gasteiger partial charge in [-0.05, 0) is 55.2 Å². The maximum Gasteiger partial charge on any atom is 0.251 e. The summed E-state index contributed by atoms with van der Waals surface area (Å²) in [5.41, 5.74) is 1.98. The molecule has 1 aliphatic carbocycles. The van der Waals surface area contributed by atoms with Gasteiger partial charge in [-0.2, -0.15) is 0 Å². The largest absolute Gasteiger partial charge is 0.393 e. The maximum atomic E-state index is 12.1. The normalized spacial score (nSPS) is 22.8. The van der Waals surface area contributed by atoms with Crippen LogP contribution in [-0.2, 0) is 0 Å². The van der Waals surface area contributed by atoms with Crippen LogP contribution >= 0.6 is 0 Å². The smallest absolute Gasteiger partial charge is 0.251 e. The second-order valence-corrected chi connectivity index (χ2v) is 6.16. The molecule has 1 amide bonds. The average Bonchev–Trinajstić information content (AvgIpc) is 2.46. The molecule has 1 fully saturated rings. The predicted octanol–water partition coefficient (Wildman–Crippen LogP) is 3.09. The van der Waals surface area contributed by atoms with Crippen LogP contribution in [0.2, 0.25) is 0 Å². The Morgan fingerprint density at radius 3 is 2.35 bits per heavy atom. The fourth-order valence-electron chi connectivity index (χ4n) is 2.71. The number of amides is 1. The third-order valence-corrected chi connectivity index (χ3v) is 4.21. The summed E-state index contributed by atoms with van der Waals surface area (Å²) in [6.45, 7) is 5.01. The lowest BCUT2D eigenvalue weighted by molar-refractivity contribution is 0.0910. The van der Waals surface area contributed by atoms with E-state index in [2.05, 4.69) is 19.2 Å². The first-order chi connectivity index (χ1) is 9.56. The summed E-state index contributed by atoms with van der Waals surface area (Å²) >= 11 is 0. The molecule has 1 aromatic rings. The second-order valence-electron chi connectivity index (χ2n) is 6.16. The molecule has 110 valence electrons. The number of hydrogen-bond donors (Lipinski definition) is 2. The van der Waals surface area contributed by atoms with E-state index in [-0.39, 0.29) is 12.0 Å². The number of aliphatic hydroxyl groups is 1. The monoisotopic (exact) mass is 275 g/mol. The molecule has 0 saturated heterocycles. The SMILES string of the molecule is CC(C)c1ccc(C(=O)NCC2CCC(O)CC2)cc1. The van der Waals surface area contributed by atoms with Gasteiger partial charge in [0.15, 0.2) is 0 Å². The number of benzene rings is 1. The highest BCUT2D eigenvalue weighted by molar-refractivity contribution is 5.94. The Labute approximate surface area is 121 Å². The van der Waals surface area contributed by atoms with Gasteiger partial charge in [0.2, 0.25) is 0 Å². The first-order valence-corrected chi connectivity index (χ1v) is 7.62. The summed E-state index contributed by atoms with van der Waals surface area (Å²) < 4.78 is 0. The van der Waals surface area contributed by atoms with Crippen LogP contribution < -0.4 is 5.32 Å². The molecule has 1 aromatic carbocycles. The van der Waals surface area contributed by atoms with E-state index in [1.807, 2.05) is 24.3 Å². The Morgan fingerprint density at radius 2 is 1.80 bits per heavy atom. The van der Waals surface area contributed by atoms with Gasteiger partial charge in [-0.15, -0.1) is 0 Å². The van der Waals surface area contributed by atoms with Crippen LogP contribution in [0, 0.1) is 5.92 Å². The van der Waals surface area contributed by atoms with Crippen LogP contribution in [0.1, 0.15) is 61.4 Å². The minimum absolute atomic E-state index is 0.00595. The van der Waals surface area contributed by atoms with Crippen molar-refractivity contribution in [3.8, 4) is 0 Å².